The number of hydrogen-bond acceptors (Lipinski definition) is 4. The zero-order valence-corrected chi connectivity index (χ0v) is 18.8. The summed E-state index contributed by atoms with van der Waals surface area (Å²) in [7, 11) is 0. The number of carbonyl (C=O) groups is 2. The van der Waals surface area contributed by atoms with Crippen LogP contribution in [-0.2, 0) is 11.3 Å². The molecule has 0 aliphatic rings. The van der Waals surface area contributed by atoms with E-state index < -0.39 is 17.0 Å². The number of hydrogen-bond donors (Lipinski definition) is 1. The Labute approximate surface area is 195 Å². The number of anilines is 1. The van der Waals surface area contributed by atoms with Gasteiger partial charge in [-0.15, -0.1) is 0 Å². The van der Waals surface area contributed by atoms with Crippen molar-refractivity contribution >= 4 is 28.3 Å². The van der Waals surface area contributed by atoms with Gasteiger partial charge in [-0.05, 0) is 74.5 Å². The minimum Gasteiger partial charge on any atom is -0.494 e. The first-order valence-electron chi connectivity index (χ1n) is 10.8. The summed E-state index contributed by atoms with van der Waals surface area (Å²) in [4.78, 5) is 39.0. The topological polar surface area (TPSA) is 77.4 Å². The minimum absolute atomic E-state index is 0.0847. The Kier molecular flexibility index (Phi) is 6.54. The van der Waals surface area contributed by atoms with E-state index >= 15 is 0 Å². The maximum absolute atomic E-state index is 13.3. The first kappa shape index (κ1) is 22.9. The molecule has 0 aliphatic carbocycles. The molecule has 1 heterocycles. The van der Waals surface area contributed by atoms with Gasteiger partial charge in [0.05, 0.1) is 17.7 Å². The number of aromatic nitrogens is 1. The van der Waals surface area contributed by atoms with Crippen molar-refractivity contribution in [2.45, 2.75) is 20.4 Å². The Morgan fingerprint density at radius 3 is 2.38 bits per heavy atom. The summed E-state index contributed by atoms with van der Waals surface area (Å²) in [6, 6.07) is 17.3. The van der Waals surface area contributed by atoms with Gasteiger partial charge in [-0.3, -0.25) is 14.4 Å². The van der Waals surface area contributed by atoms with E-state index in [0.29, 0.717) is 28.9 Å². The molecule has 1 amide bonds. The maximum atomic E-state index is 13.3. The zero-order chi connectivity index (χ0) is 24.2. The van der Waals surface area contributed by atoms with E-state index in [1.54, 1.807) is 41.0 Å². The molecule has 0 spiro atoms. The molecule has 4 aromatic rings. The van der Waals surface area contributed by atoms with Gasteiger partial charge in [0.1, 0.15) is 18.1 Å². The normalized spacial score (nSPS) is 10.8. The Morgan fingerprint density at radius 1 is 1.00 bits per heavy atom. The number of ketones is 1. The highest BCUT2D eigenvalue weighted by molar-refractivity contribution is 6.10. The van der Waals surface area contributed by atoms with Crippen LogP contribution in [0.15, 0.2) is 77.7 Å². The number of ether oxygens (including phenoxy) is 1. The van der Waals surface area contributed by atoms with Gasteiger partial charge >= 0.3 is 0 Å². The molecule has 0 fully saturated rings. The lowest BCUT2D eigenvalue weighted by Gasteiger charge is -2.14. The number of pyridine rings is 1. The molecule has 34 heavy (non-hydrogen) atoms. The monoisotopic (exact) mass is 458 g/mol. The van der Waals surface area contributed by atoms with Crippen molar-refractivity contribution in [2.75, 3.05) is 11.9 Å². The average molecular weight is 458 g/mol. The van der Waals surface area contributed by atoms with Gasteiger partial charge in [0.25, 0.3) is 0 Å². The maximum Gasteiger partial charge on any atom is 0.244 e. The third kappa shape index (κ3) is 4.88. The molecule has 0 aliphatic heterocycles. The van der Waals surface area contributed by atoms with Crippen LogP contribution in [0.25, 0.3) is 10.9 Å². The first-order valence-corrected chi connectivity index (χ1v) is 10.8. The highest BCUT2D eigenvalue weighted by Gasteiger charge is 2.18. The molecule has 1 N–H and O–H groups in total. The summed E-state index contributed by atoms with van der Waals surface area (Å²) < 4.78 is 20.3. The van der Waals surface area contributed by atoms with E-state index in [1.807, 2.05) is 19.9 Å². The molecule has 1 aromatic heterocycles. The van der Waals surface area contributed by atoms with Gasteiger partial charge < -0.3 is 14.6 Å². The lowest BCUT2D eigenvalue weighted by molar-refractivity contribution is -0.116. The van der Waals surface area contributed by atoms with E-state index in [1.165, 1.54) is 30.5 Å². The Hall–Kier alpha value is -4.26. The number of carbonyl (C=O) groups excluding carboxylic acids is 2. The number of halogens is 1. The van der Waals surface area contributed by atoms with Crippen molar-refractivity contribution in [3.63, 3.8) is 0 Å². The van der Waals surface area contributed by atoms with Crippen LogP contribution in [0.3, 0.4) is 0 Å². The average Bonchev–Trinajstić information content (AvgIpc) is 2.82. The smallest absolute Gasteiger partial charge is 0.244 e. The van der Waals surface area contributed by atoms with Crippen molar-refractivity contribution in [3.05, 3.63) is 106 Å². The third-order valence-electron chi connectivity index (χ3n) is 5.35. The van der Waals surface area contributed by atoms with Gasteiger partial charge in [0.15, 0.2) is 5.78 Å². The summed E-state index contributed by atoms with van der Waals surface area (Å²) >= 11 is 0. The van der Waals surface area contributed by atoms with Gasteiger partial charge in [0, 0.05) is 22.8 Å². The highest BCUT2D eigenvalue weighted by Crippen LogP contribution is 2.18. The summed E-state index contributed by atoms with van der Waals surface area (Å²) in [6.07, 6.45) is 1.39. The molecular formula is C27H23FN2O4. The van der Waals surface area contributed by atoms with Gasteiger partial charge in [-0.1, -0.05) is 11.6 Å². The van der Waals surface area contributed by atoms with Crippen LogP contribution < -0.4 is 15.5 Å². The van der Waals surface area contributed by atoms with Crippen molar-refractivity contribution in [2.24, 2.45) is 0 Å². The van der Waals surface area contributed by atoms with E-state index in [2.05, 4.69) is 5.32 Å². The fourth-order valence-corrected chi connectivity index (χ4v) is 3.72. The van der Waals surface area contributed by atoms with Crippen molar-refractivity contribution in [1.82, 2.24) is 4.57 Å². The number of amides is 1. The van der Waals surface area contributed by atoms with Crippen LogP contribution in [0.2, 0.25) is 0 Å². The lowest BCUT2D eigenvalue weighted by Crippen LogP contribution is -2.24. The molecule has 0 bridgehead atoms. The Bertz CT molecular complexity index is 1420. The van der Waals surface area contributed by atoms with Gasteiger partial charge in [-0.25, -0.2) is 4.39 Å². The Balaban J connectivity index is 1.69. The molecule has 0 atom stereocenters. The molecule has 4 rings (SSSR count). The van der Waals surface area contributed by atoms with Gasteiger partial charge in [0.2, 0.25) is 11.3 Å². The number of fused-ring (bicyclic) bond motifs is 1. The van der Waals surface area contributed by atoms with E-state index in [4.69, 9.17) is 4.74 Å². The molecule has 0 saturated heterocycles. The van der Waals surface area contributed by atoms with Crippen LogP contribution in [0.5, 0.6) is 5.75 Å². The second-order valence-corrected chi connectivity index (χ2v) is 7.86. The summed E-state index contributed by atoms with van der Waals surface area (Å²) in [5.74, 6) is -0.635. The predicted molar refractivity (Wildman–Crippen MR) is 129 cm³/mol. The molecule has 3 aromatic carbocycles. The first-order chi connectivity index (χ1) is 16.4. The summed E-state index contributed by atoms with van der Waals surface area (Å²) in [5, 5.41) is 3.15. The molecule has 6 nitrogen and oxygen atoms in total. The third-order valence-corrected chi connectivity index (χ3v) is 5.35. The number of nitrogens with one attached hydrogen (secondary N) is 1. The van der Waals surface area contributed by atoms with Crippen LogP contribution >= 0.6 is 0 Å². The van der Waals surface area contributed by atoms with Crippen LogP contribution in [0, 0.1) is 12.7 Å². The molecule has 0 unspecified atom stereocenters. The molecule has 7 heteroatoms. The molecular weight excluding hydrogens is 435 g/mol. The summed E-state index contributed by atoms with van der Waals surface area (Å²) in [6.45, 7) is 4.16. The standard InChI is InChI=1S/C27H23FN2O4/c1-3-34-21-11-9-20(10-12-21)29-25(31)16-30-15-23(26(32)18-5-7-19(28)8-6-18)27(33)22-14-17(2)4-13-24(22)30/h4-15H,3,16H2,1-2H3,(H,29,31). The fourth-order valence-electron chi connectivity index (χ4n) is 3.72. The van der Waals surface area contributed by atoms with Crippen LogP contribution in [0.4, 0.5) is 10.1 Å². The number of benzene rings is 3. The predicted octanol–water partition coefficient (Wildman–Crippen LogP) is 4.72. The minimum atomic E-state index is -0.533. The zero-order valence-electron chi connectivity index (χ0n) is 18.8. The number of rotatable bonds is 7. The Morgan fingerprint density at radius 2 is 1.71 bits per heavy atom. The van der Waals surface area contributed by atoms with Crippen molar-refractivity contribution in [1.29, 1.82) is 0 Å². The van der Waals surface area contributed by atoms with Crippen LogP contribution in [-0.4, -0.2) is 22.9 Å². The summed E-state index contributed by atoms with van der Waals surface area (Å²) in [5.41, 5.74) is 1.65. The second-order valence-electron chi connectivity index (χ2n) is 7.86. The molecule has 0 radical (unpaired) electrons. The number of aryl methyl sites for hydroxylation is 1. The van der Waals surface area contributed by atoms with E-state index in [-0.39, 0.29) is 23.6 Å². The quantitative estimate of drug-likeness (QED) is 0.407. The van der Waals surface area contributed by atoms with E-state index in [9.17, 15) is 18.8 Å². The second kappa shape index (κ2) is 9.70. The van der Waals surface area contributed by atoms with Crippen LogP contribution in [0.1, 0.15) is 28.4 Å². The van der Waals surface area contributed by atoms with Gasteiger partial charge in [-0.2, -0.15) is 0 Å². The fraction of sp³-hybridized carbons (Fsp3) is 0.148. The molecule has 0 saturated carbocycles. The molecule has 172 valence electrons. The van der Waals surface area contributed by atoms with Crippen molar-refractivity contribution < 1.29 is 18.7 Å². The van der Waals surface area contributed by atoms with E-state index in [0.717, 1.165) is 5.56 Å². The lowest BCUT2D eigenvalue weighted by atomic mass is 10.0. The largest absolute Gasteiger partial charge is 0.494 e. The van der Waals surface area contributed by atoms with Crippen molar-refractivity contribution in [3.8, 4) is 5.75 Å². The SMILES string of the molecule is CCOc1ccc(NC(=O)Cn2cc(C(=O)c3ccc(F)cc3)c(=O)c3cc(C)ccc32)cc1. The number of nitrogens with zero attached hydrogens (tertiary/aromatic N) is 1. The highest BCUT2D eigenvalue weighted by atomic mass is 19.1.